The van der Waals surface area contributed by atoms with Crippen LogP contribution in [-0.4, -0.2) is 31.9 Å². The summed E-state index contributed by atoms with van der Waals surface area (Å²) in [6.45, 7) is 0. The van der Waals surface area contributed by atoms with Gasteiger partial charge in [-0.3, -0.25) is 30.1 Å². The number of halogens is 3. The van der Waals surface area contributed by atoms with E-state index in [1.165, 1.54) is 32.4 Å². The Hall–Kier alpha value is -5.00. The molecule has 0 bridgehead atoms. The van der Waals surface area contributed by atoms with Crippen molar-refractivity contribution in [2.45, 2.75) is 19.0 Å². The monoisotopic (exact) mass is 554 g/mol. The Labute approximate surface area is 227 Å². The molecule has 3 aromatic carbocycles. The number of hydrazine groups is 1. The lowest BCUT2D eigenvalue weighted by Crippen LogP contribution is -2.37. The van der Waals surface area contributed by atoms with Crippen molar-refractivity contribution in [2.24, 2.45) is 5.73 Å². The van der Waals surface area contributed by atoms with Gasteiger partial charge in [-0.25, -0.2) is 0 Å². The van der Waals surface area contributed by atoms with Crippen LogP contribution in [-0.2, 0) is 20.6 Å². The lowest BCUT2D eigenvalue weighted by atomic mass is 9.99. The number of carbonyl (C=O) groups excluding carboxylic acids is 3. The number of benzene rings is 3. The van der Waals surface area contributed by atoms with Crippen molar-refractivity contribution in [3.05, 3.63) is 83.4 Å². The van der Waals surface area contributed by atoms with Gasteiger partial charge in [-0.05, 0) is 12.1 Å². The maximum atomic E-state index is 14.1. The van der Waals surface area contributed by atoms with Gasteiger partial charge < -0.3 is 15.2 Å². The van der Waals surface area contributed by atoms with Crippen molar-refractivity contribution >= 4 is 40.4 Å². The molecule has 40 heavy (non-hydrogen) atoms. The van der Waals surface area contributed by atoms with E-state index in [0.717, 1.165) is 17.0 Å². The summed E-state index contributed by atoms with van der Waals surface area (Å²) < 4.78 is 51.8. The van der Waals surface area contributed by atoms with E-state index in [2.05, 4.69) is 10.9 Å². The van der Waals surface area contributed by atoms with E-state index in [4.69, 9.17) is 15.2 Å². The predicted molar refractivity (Wildman–Crippen MR) is 141 cm³/mol. The highest BCUT2D eigenvalue weighted by atomic mass is 19.4. The minimum atomic E-state index is -4.67. The molecule has 0 fully saturated rings. The third kappa shape index (κ3) is 5.85. The topological polar surface area (TPSA) is 123 Å². The number of methoxy groups -OCH3 is 2. The van der Waals surface area contributed by atoms with Gasteiger partial charge in [0.2, 0.25) is 11.8 Å². The van der Waals surface area contributed by atoms with E-state index >= 15 is 0 Å². The minimum Gasteiger partial charge on any atom is -0.497 e. The fourth-order valence-electron chi connectivity index (χ4n) is 4.18. The molecule has 208 valence electrons. The van der Waals surface area contributed by atoms with Crippen molar-refractivity contribution in [3.8, 4) is 11.5 Å². The number of amides is 3. The van der Waals surface area contributed by atoms with Crippen LogP contribution in [0.1, 0.15) is 29.5 Å². The van der Waals surface area contributed by atoms with Crippen LogP contribution in [0.2, 0.25) is 0 Å². The molecule has 0 aromatic heterocycles. The smallest absolute Gasteiger partial charge is 0.416 e. The third-order valence-electron chi connectivity index (χ3n) is 6.08. The molecule has 1 heterocycles. The maximum Gasteiger partial charge on any atom is 0.416 e. The van der Waals surface area contributed by atoms with Crippen LogP contribution < -0.4 is 31.0 Å². The van der Waals surface area contributed by atoms with Gasteiger partial charge in [-0.2, -0.15) is 13.2 Å². The molecule has 9 nitrogen and oxygen atoms in total. The standard InChI is InChI=1S/C28H25F3N4O5/c1-39-19-13-18(14-20(15-19)40-2)35-22-12-17(28(29,30)31)8-9-21(22)25(27(35)38)26(16-6-4-3-5-7-16)34-33-24(37)11-10-23(32)36/h3-9,12-15,34H,10-11H2,1-2H3,(H2,32,36)(H,33,37)/b26-25-. The van der Waals surface area contributed by atoms with Gasteiger partial charge in [-0.1, -0.05) is 36.4 Å². The van der Waals surface area contributed by atoms with E-state index in [-0.39, 0.29) is 41.1 Å². The highest BCUT2D eigenvalue weighted by Gasteiger charge is 2.40. The van der Waals surface area contributed by atoms with Crippen LogP contribution in [0.5, 0.6) is 11.5 Å². The van der Waals surface area contributed by atoms with Crippen molar-refractivity contribution in [2.75, 3.05) is 19.1 Å². The lowest BCUT2D eigenvalue weighted by Gasteiger charge is -2.20. The van der Waals surface area contributed by atoms with E-state index in [9.17, 15) is 27.6 Å². The number of nitrogens with zero attached hydrogens (tertiary/aromatic N) is 1. The number of hydrogen-bond acceptors (Lipinski definition) is 6. The van der Waals surface area contributed by atoms with Crippen LogP contribution >= 0.6 is 0 Å². The Kier molecular flexibility index (Phi) is 7.98. The maximum absolute atomic E-state index is 14.1. The Morgan fingerprint density at radius 1 is 0.900 bits per heavy atom. The number of fused-ring (bicyclic) bond motifs is 1. The highest BCUT2D eigenvalue weighted by molar-refractivity contribution is 6.39. The Morgan fingerprint density at radius 2 is 1.55 bits per heavy atom. The van der Waals surface area contributed by atoms with Crippen molar-refractivity contribution in [1.82, 2.24) is 10.9 Å². The van der Waals surface area contributed by atoms with Crippen LogP contribution in [0.25, 0.3) is 11.3 Å². The number of carbonyl (C=O) groups is 3. The molecule has 0 saturated heterocycles. The summed E-state index contributed by atoms with van der Waals surface area (Å²) in [5.41, 5.74) is 10.3. The summed E-state index contributed by atoms with van der Waals surface area (Å²) in [5.74, 6) is -1.28. The molecule has 1 aliphatic rings. The molecule has 0 radical (unpaired) electrons. The number of rotatable bonds is 9. The summed E-state index contributed by atoms with van der Waals surface area (Å²) in [5, 5.41) is 0. The quantitative estimate of drug-likeness (QED) is 0.270. The molecule has 0 spiro atoms. The SMILES string of the molecule is COc1cc(OC)cc(N2C(=O)/C(=C(\NNC(=O)CCC(N)=O)c3ccccc3)c3ccc(C(F)(F)F)cc32)c1. The van der Waals surface area contributed by atoms with Crippen molar-refractivity contribution < 1.29 is 37.0 Å². The zero-order chi connectivity index (χ0) is 29.0. The van der Waals surface area contributed by atoms with Gasteiger partial charge in [0.1, 0.15) is 11.5 Å². The molecule has 0 aliphatic carbocycles. The van der Waals surface area contributed by atoms with Crippen molar-refractivity contribution in [1.29, 1.82) is 0 Å². The molecule has 1 aliphatic heterocycles. The average Bonchev–Trinajstić information content (AvgIpc) is 3.22. The zero-order valence-electron chi connectivity index (χ0n) is 21.5. The summed E-state index contributed by atoms with van der Waals surface area (Å²) in [6, 6.07) is 16.0. The predicted octanol–water partition coefficient (Wildman–Crippen LogP) is 4.16. The van der Waals surface area contributed by atoms with Crippen LogP contribution in [0.3, 0.4) is 0 Å². The van der Waals surface area contributed by atoms with Gasteiger partial charge in [0.15, 0.2) is 0 Å². The first-order valence-corrected chi connectivity index (χ1v) is 12.0. The van der Waals surface area contributed by atoms with Crippen LogP contribution in [0, 0.1) is 0 Å². The Bertz CT molecular complexity index is 1470. The summed E-state index contributed by atoms with van der Waals surface area (Å²) in [6.07, 6.45) is -5.08. The number of ether oxygens (including phenoxy) is 2. The van der Waals surface area contributed by atoms with E-state index in [1.807, 2.05) is 0 Å². The lowest BCUT2D eigenvalue weighted by molar-refractivity contribution is -0.137. The fourth-order valence-corrected chi connectivity index (χ4v) is 4.18. The first-order valence-electron chi connectivity index (χ1n) is 12.0. The summed E-state index contributed by atoms with van der Waals surface area (Å²) in [4.78, 5) is 38.7. The van der Waals surface area contributed by atoms with E-state index in [1.54, 1.807) is 36.4 Å². The van der Waals surface area contributed by atoms with E-state index < -0.39 is 29.5 Å². The molecule has 0 unspecified atom stereocenters. The molecular weight excluding hydrogens is 529 g/mol. The first-order chi connectivity index (χ1) is 19.0. The minimum absolute atomic E-state index is 0.00640. The molecule has 12 heteroatoms. The third-order valence-corrected chi connectivity index (χ3v) is 6.08. The fraction of sp³-hybridized carbons (Fsp3) is 0.179. The molecule has 0 saturated carbocycles. The largest absolute Gasteiger partial charge is 0.497 e. The number of nitrogens with two attached hydrogens (primary N) is 1. The molecular formula is C28H25F3N4O5. The molecule has 4 N–H and O–H groups in total. The van der Waals surface area contributed by atoms with Gasteiger partial charge in [0.05, 0.1) is 42.4 Å². The Morgan fingerprint density at radius 3 is 2.12 bits per heavy atom. The first kappa shape index (κ1) is 28.0. The number of anilines is 2. The van der Waals surface area contributed by atoms with Gasteiger partial charge in [0, 0.05) is 42.2 Å². The second-order valence-electron chi connectivity index (χ2n) is 8.70. The van der Waals surface area contributed by atoms with Gasteiger partial charge >= 0.3 is 6.18 Å². The molecule has 3 amide bonds. The van der Waals surface area contributed by atoms with E-state index in [0.29, 0.717) is 17.1 Å². The number of alkyl halides is 3. The Balaban J connectivity index is 1.92. The van der Waals surface area contributed by atoms with Crippen LogP contribution in [0.15, 0.2) is 66.7 Å². The average molecular weight is 555 g/mol. The summed E-state index contributed by atoms with van der Waals surface area (Å²) in [7, 11) is 2.81. The highest BCUT2D eigenvalue weighted by Crippen LogP contribution is 2.47. The number of primary amides is 1. The number of nitrogens with one attached hydrogen (secondary N) is 2. The molecule has 4 rings (SSSR count). The second kappa shape index (κ2) is 11.4. The zero-order valence-corrected chi connectivity index (χ0v) is 21.5. The molecule has 3 aromatic rings. The van der Waals surface area contributed by atoms with Crippen LogP contribution in [0.4, 0.5) is 24.5 Å². The number of hydrogen-bond donors (Lipinski definition) is 3. The van der Waals surface area contributed by atoms with Gasteiger partial charge in [-0.15, -0.1) is 0 Å². The second-order valence-corrected chi connectivity index (χ2v) is 8.70. The van der Waals surface area contributed by atoms with Crippen molar-refractivity contribution in [3.63, 3.8) is 0 Å². The summed E-state index contributed by atoms with van der Waals surface area (Å²) >= 11 is 0. The van der Waals surface area contributed by atoms with Gasteiger partial charge in [0.25, 0.3) is 5.91 Å². The molecule has 0 atom stereocenters. The normalized spacial score (nSPS) is 13.9.